The fourth-order valence-electron chi connectivity index (χ4n) is 2.74. The Morgan fingerprint density at radius 2 is 2.11 bits per heavy atom. The molecule has 1 fully saturated rings. The van der Waals surface area contributed by atoms with E-state index in [9.17, 15) is 0 Å². The molecular formula is C15H26N4. The van der Waals surface area contributed by atoms with Crippen molar-refractivity contribution in [2.75, 3.05) is 13.1 Å². The van der Waals surface area contributed by atoms with Crippen molar-refractivity contribution in [3.63, 3.8) is 0 Å². The summed E-state index contributed by atoms with van der Waals surface area (Å²) in [5.41, 5.74) is 1.40. The van der Waals surface area contributed by atoms with E-state index in [0.717, 1.165) is 24.7 Å². The van der Waals surface area contributed by atoms with Gasteiger partial charge in [-0.3, -0.25) is 4.90 Å². The van der Waals surface area contributed by atoms with Crippen LogP contribution < -0.4 is 0 Å². The van der Waals surface area contributed by atoms with Crippen molar-refractivity contribution in [3.8, 4) is 0 Å². The highest BCUT2D eigenvalue weighted by atomic mass is 15.4. The van der Waals surface area contributed by atoms with Crippen molar-refractivity contribution >= 4 is 0 Å². The maximum absolute atomic E-state index is 4.50. The molecule has 1 aromatic rings. The first kappa shape index (κ1) is 14.3. The number of piperidine rings is 1. The molecule has 2 rings (SSSR count). The monoisotopic (exact) mass is 262 g/mol. The van der Waals surface area contributed by atoms with Crippen LogP contribution in [0, 0.1) is 13.8 Å². The van der Waals surface area contributed by atoms with Gasteiger partial charge < -0.3 is 0 Å². The van der Waals surface area contributed by atoms with E-state index in [4.69, 9.17) is 0 Å². The standard InChI is InChI=1S/C15H26N4/c1-12(2)8-10-18-9-6-5-7-15(18)11-19-14(4)16-13(3)17-19/h8,15H,5-7,9-11H2,1-4H3. The lowest BCUT2D eigenvalue weighted by molar-refractivity contribution is 0.143. The molecule has 1 unspecified atom stereocenters. The SMILES string of the molecule is CC(C)=CCN1CCCCC1Cn1nc(C)nc1C. The third kappa shape index (κ3) is 3.90. The van der Waals surface area contributed by atoms with Gasteiger partial charge in [-0.2, -0.15) is 5.10 Å². The molecule has 0 aliphatic carbocycles. The third-order valence-corrected chi connectivity index (χ3v) is 3.83. The predicted molar refractivity (Wildman–Crippen MR) is 78.1 cm³/mol. The lowest BCUT2D eigenvalue weighted by atomic mass is 10.0. The van der Waals surface area contributed by atoms with Crippen LogP contribution in [0.2, 0.25) is 0 Å². The Kier molecular flexibility index (Phi) is 4.75. The second kappa shape index (κ2) is 6.33. The molecule has 0 aromatic carbocycles. The van der Waals surface area contributed by atoms with Crippen molar-refractivity contribution in [1.82, 2.24) is 19.7 Å². The van der Waals surface area contributed by atoms with Gasteiger partial charge in [-0.25, -0.2) is 9.67 Å². The van der Waals surface area contributed by atoms with E-state index in [1.54, 1.807) is 0 Å². The number of hydrogen-bond donors (Lipinski definition) is 0. The molecule has 19 heavy (non-hydrogen) atoms. The molecule has 1 aromatic heterocycles. The molecule has 4 nitrogen and oxygen atoms in total. The molecule has 0 amide bonds. The number of aryl methyl sites for hydroxylation is 2. The fourth-order valence-corrected chi connectivity index (χ4v) is 2.74. The Bertz CT molecular complexity index is 443. The van der Waals surface area contributed by atoms with E-state index in [-0.39, 0.29) is 0 Å². The van der Waals surface area contributed by atoms with Crippen LogP contribution in [0.15, 0.2) is 11.6 Å². The molecule has 2 heterocycles. The molecule has 106 valence electrons. The second-order valence-corrected chi connectivity index (χ2v) is 5.81. The van der Waals surface area contributed by atoms with Crippen LogP contribution in [0.25, 0.3) is 0 Å². The second-order valence-electron chi connectivity index (χ2n) is 5.81. The highest BCUT2D eigenvalue weighted by Crippen LogP contribution is 2.19. The smallest absolute Gasteiger partial charge is 0.147 e. The summed E-state index contributed by atoms with van der Waals surface area (Å²) < 4.78 is 2.07. The first-order valence-corrected chi connectivity index (χ1v) is 7.31. The molecule has 0 spiro atoms. The van der Waals surface area contributed by atoms with Crippen molar-refractivity contribution < 1.29 is 0 Å². The largest absolute Gasteiger partial charge is 0.295 e. The Balaban J connectivity index is 2.03. The van der Waals surface area contributed by atoms with Crippen molar-refractivity contribution in [1.29, 1.82) is 0 Å². The van der Waals surface area contributed by atoms with Gasteiger partial charge in [-0.15, -0.1) is 0 Å². The van der Waals surface area contributed by atoms with Crippen molar-refractivity contribution in [2.24, 2.45) is 0 Å². The lowest BCUT2D eigenvalue weighted by Gasteiger charge is -2.35. The van der Waals surface area contributed by atoms with Gasteiger partial charge in [0.2, 0.25) is 0 Å². The summed E-state index contributed by atoms with van der Waals surface area (Å²) in [6.07, 6.45) is 6.26. The number of allylic oxidation sites excluding steroid dienone is 1. The number of hydrogen-bond acceptors (Lipinski definition) is 3. The van der Waals surface area contributed by atoms with Gasteiger partial charge >= 0.3 is 0 Å². The van der Waals surface area contributed by atoms with Crippen LogP contribution in [0.1, 0.15) is 44.8 Å². The zero-order valence-corrected chi connectivity index (χ0v) is 12.7. The van der Waals surface area contributed by atoms with E-state index < -0.39 is 0 Å². The average Bonchev–Trinajstić information content (AvgIpc) is 2.67. The number of likely N-dealkylation sites (tertiary alicyclic amines) is 1. The minimum atomic E-state index is 0.601. The summed E-state index contributed by atoms with van der Waals surface area (Å²) in [4.78, 5) is 6.99. The molecular weight excluding hydrogens is 236 g/mol. The number of nitrogens with zero attached hydrogens (tertiary/aromatic N) is 4. The van der Waals surface area contributed by atoms with Gasteiger partial charge in [0.15, 0.2) is 0 Å². The summed E-state index contributed by atoms with van der Waals surface area (Å²) in [5, 5.41) is 4.50. The molecule has 0 N–H and O–H groups in total. The summed E-state index contributed by atoms with van der Waals surface area (Å²) >= 11 is 0. The van der Waals surface area contributed by atoms with Crippen molar-refractivity contribution in [3.05, 3.63) is 23.3 Å². The van der Waals surface area contributed by atoms with E-state index in [1.165, 1.54) is 31.4 Å². The van der Waals surface area contributed by atoms with Gasteiger partial charge in [0.05, 0.1) is 6.54 Å². The Morgan fingerprint density at radius 1 is 1.32 bits per heavy atom. The molecule has 4 heteroatoms. The normalized spacial score (nSPS) is 20.5. The molecule has 0 radical (unpaired) electrons. The summed E-state index contributed by atoms with van der Waals surface area (Å²) in [6.45, 7) is 11.6. The molecule has 1 saturated heterocycles. The molecule has 1 atom stereocenters. The van der Waals surface area contributed by atoms with E-state index in [1.807, 2.05) is 13.8 Å². The van der Waals surface area contributed by atoms with Gasteiger partial charge in [0.1, 0.15) is 11.6 Å². The highest BCUT2D eigenvalue weighted by molar-refractivity contribution is 4.97. The highest BCUT2D eigenvalue weighted by Gasteiger charge is 2.22. The maximum Gasteiger partial charge on any atom is 0.147 e. The fraction of sp³-hybridized carbons (Fsp3) is 0.733. The summed E-state index contributed by atoms with van der Waals surface area (Å²) in [6, 6.07) is 0.601. The summed E-state index contributed by atoms with van der Waals surface area (Å²) in [5.74, 6) is 1.91. The minimum Gasteiger partial charge on any atom is -0.295 e. The molecule has 1 aliphatic heterocycles. The third-order valence-electron chi connectivity index (χ3n) is 3.83. The lowest BCUT2D eigenvalue weighted by Crippen LogP contribution is -2.42. The van der Waals surface area contributed by atoms with Crippen LogP contribution in [0.3, 0.4) is 0 Å². The van der Waals surface area contributed by atoms with E-state index in [0.29, 0.717) is 6.04 Å². The molecule has 0 bridgehead atoms. The van der Waals surface area contributed by atoms with E-state index >= 15 is 0 Å². The van der Waals surface area contributed by atoms with Crippen LogP contribution in [0.5, 0.6) is 0 Å². The average molecular weight is 262 g/mol. The van der Waals surface area contributed by atoms with Crippen LogP contribution >= 0.6 is 0 Å². The first-order valence-electron chi connectivity index (χ1n) is 7.31. The maximum atomic E-state index is 4.50. The summed E-state index contributed by atoms with van der Waals surface area (Å²) in [7, 11) is 0. The zero-order valence-electron chi connectivity index (χ0n) is 12.7. The van der Waals surface area contributed by atoms with E-state index in [2.05, 4.69) is 39.6 Å². The van der Waals surface area contributed by atoms with Crippen LogP contribution in [0.4, 0.5) is 0 Å². The van der Waals surface area contributed by atoms with Gasteiger partial charge in [0.25, 0.3) is 0 Å². The Hall–Kier alpha value is -1.16. The van der Waals surface area contributed by atoms with Crippen LogP contribution in [-0.4, -0.2) is 38.8 Å². The van der Waals surface area contributed by atoms with Crippen molar-refractivity contribution in [2.45, 2.75) is 59.5 Å². The number of aromatic nitrogens is 3. The van der Waals surface area contributed by atoms with Crippen LogP contribution in [-0.2, 0) is 6.54 Å². The Morgan fingerprint density at radius 3 is 2.74 bits per heavy atom. The topological polar surface area (TPSA) is 34.0 Å². The zero-order chi connectivity index (χ0) is 13.8. The molecule has 0 saturated carbocycles. The molecule has 1 aliphatic rings. The quantitative estimate of drug-likeness (QED) is 0.782. The minimum absolute atomic E-state index is 0.601. The van der Waals surface area contributed by atoms with Gasteiger partial charge in [-0.05, 0) is 47.1 Å². The number of rotatable bonds is 4. The van der Waals surface area contributed by atoms with Gasteiger partial charge in [-0.1, -0.05) is 18.1 Å². The van der Waals surface area contributed by atoms with Gasteiger partial charge in [0, 0.05) is 12.6 Å². The Labute approximate surface area is 116 Å². The first-order chi connectivity index (χ1) is 9.06. The predicted octanol–water partition coefficient (Wildman–Crippen LogP) is 2.72.